The predicted molar refractivity (Wildman–Crippen MR) is 40.3 cm³/mol. The van der Waals surface area contributed by atoms with E-state index < -0.39 is 0 Å². The molecule has 1 heterocycles. The summed E-state index contributed by atoms with van der Waals surface area (Å²) in [6.07, 6.45) is 0. The van der Waals surface area contributed by atoms with E-state index in [-0.39, 0.29) is 20.2 Å². The fourth-order valence-electron chi connectivity index (χ4n) is 0.424. The SMILES string of the molecule is [CH3][Sb][S]C1CSC1. The first-order valence-corrected chi connectivity index (χ1v) is 9.93. The van der Waals surface area contributed by atoms with Crippen molar-refractivity contribution in [1.29, 1.82) is 0 Å². The third-order valence-electron chi connectivity index (χ3n) is 0.862. The zero-order valence-electron chi connectivity index (χ0n) is 4.26. The number of hydrogen-bond acceptors (Lipinski definition) is 2. The van der Waals surface area contributed by atoms with Crippen LogP contribution in [0.1, 0.15) is 0 Å². The molecule has 0 atom stereocenters. The van der Waals surface area contributed by atoms with Crippen molar-refractivity contribution in [2.75, 3.05) is 11.5 Å². The van der Waals surface area contributed by atoms with Crippen LogP contribution >= 0.6 is 20.6 Å². The molecule has 0 aliphatic carbocycles. The van der Waals surface area contributed by atoms with Gasteiger partial charge in [0, 0.05) is 0 Å². The summed E-state index contributed by atoms with van der Waals surface area (Å²) in [4.78, 5) is 2.38. The van der Waals surface area contributed by atoms with Crippen LogP contribution in [0.3, 0.4) is 0 Å². The molecule has 1 saturated heterocycles. The standard InChI is InChI=1S/C3H6S2.CH3.Sb/c4-3-1-5-2-3;;/h3-4H,1-2H2;1H3;/q;;+1/p-1. The molecule has 0 N–H and O–H groups in total. The summed E-state index contributed by atoms with van der Waals surface area (Å²) in [6.45, 7) is 0. The molecule has 0 spiro atoms. The van der Waals surface area contributed by atoms with E-state index in [9.17, 15) is 0 Å². The van der Waals surface area contributed by atoms with Crippen molar-refractivity contribution in [1.82, 2.24) is 0 Å². The summed E-state index contributed by atoms with van der Waals surface area (Å²) in [6, 6.07) is 0. The van der Waals surface area contributed by atoms with Crippen LogP contribution in [0.25, 0.3) is 0 Å². The summed E-state index contributed by atoms with van der Waals surface area (Å²) in [5.41, 5.74) is 0. The number of thioether (sulfide) groups is 1. The zero-order valence-corrected chi connectivity index (χ0v) is 8.44. The Hall–Kier alpha value is 1.52. The van der Waals surface area contributed by atoms with Gasteiger partial charge in [-0.1, -0.05) is 0 Å². The van der Waals surface area contributed by atoms with Crippen molar-refractivity contribution in [3.63, 3.8) is 0 Å². The predicted octanol–water partition coefficient (Wildman–Crippen LogP) is 1.50. The van der Waals surface area contributed by atoms with Gasteiger partial charge in [0.15, 0.2) is 0 Å². The Morgan fingerprint density at radius 2 is 2.43 bits per heavy atom. The van der Waals surface area contributed by atoms with E-state index >= 15 is 0 Å². The normalized spacial score (nSPS) is 21.9. The molecular formula is C4H8S2Sb. The first-order chi connectivity index (χ1) is 3.43. The van der Waals surface area contributed by atoms with Crippen LogP contribution in [0.5, 0.6) is 0 Å². The van der Waals surface area contributed by atoms with E-state index in [1.54, 1.807) is 0 Å². The molecule has 3 heteroatoms. The summed E-state index contributed by atoms with van der Waals surface area (Å²) >= 11 is 2.32. The van der Waals surface area contributed by atoms with Crippen LogP contribution in [0.4, 0.5) is 0 Å². The van der Waals surface area contributed by atoms with Gasteiger partial charge in [0.2, 0.25) is 0 Å². The molecule has 0 aromatic rings. The third-order valence-corrected chi connectivity index (χ3v) is 7.76. The Balaban J connectivity index is 1.93. The molecule has 1 fully saturated rings. The second-order valence-electron chi connectivity index (χ2n) is 1.45. The second kappa shape index (κ2) is 3.53. The van der Waals surface area contributed by atoms with Crippen molar-refractivity contribution in [2.45, 2.75) is 10.1 Å². The molecular weight excluding hydrogens is 234 g/mol. The number of hydrogen-bond donors (Lipinski definition) is 0. The van der Waals surface area contributed by atoms with Gasteiger partial charge in [0.1, 0.15) is 0 Å². The maximum atomic E-state index is 2.38. The van der Waals surface area contributed by atoms with Crippen molar-refractivity contribution < 1.29 is 0 Å². The maximum absolute atomic E-state index is 2.38. The van der Waals surface area contributed by atoms with Gasteiger partial charge in [-0.3, -0.25) is 0 Å². The molecule has 0 unspecified atom stereocenters. The van der Waals surface area contributed by atoms with Gasteiger partial charge in [0.25, 0.3) is 0 Å². The Kier molecular flexibility index (Phi) is 3.34. The zero-order chi connectivity index (χ0) is 5.11. The van der Waals surface area contributed by atoms with Crippen LogP contribution in [0, 0.1) is 0 Å². The van der Waals surface area contributed by atoms with E-state index in [1.807, 2.05) is 0 Å². The van der Waals surface area contributed by atoms with E-state index in [4.69, 9.17) is 0 Å². The molecule has 1 aliphatic rings. The van der Waals surface area contributed by atoms with Gasteiger partial charge in [-0.15, -0.1) is 0 Å². The molecule has 0 aromatic carbocycles. The van der Waals surface area contributed by atoms with Gasteiger partial charge >= 0.3 is 62.5 Å². The molecule has 7 heavy (non-hydrogen) atoms. The summed E-state index contributed by atoms with van der Waals surface area (Å²) in [7, 11) is 2.25. The average Bonchev–Trinajstić information content (AvgIpc) is 1.55. The van der Waals surface area contributed by atoms with Crippen molar-refractivity contribution in [2.24, 2.45) is 0 Å². The molecule has 41 valence electrons. The van der Waals surface area contributed by atoms with E-state index in [0.29, 0.717) is 0 Å². The summed E-state index contributed by atoms with van der Waals surface area (Å²) in [5, 5.41) is 1.08. The summed E-state index contributed by atoms with van der Waals surface area (Å²) < 4.78 is 0. The molecule has 0 aromatic heterocycles. The van der Waals surface area contributed by atoms with Crippen LogP contribution < -0.4 is 0 Å². The first kappa shape index (κ1) is 6.64. The van der Waals surface area contributed by atoms with Crippen LogP contribution in [-0.2, 0) is 0 Å². The molecule has 0 amide bonds. The molecule has 0 nitrogen and oxygen atoms in total. The molecule has 0 saturated carbocycles. The van der Waals surface area contributed by atoms with Crippen molar-refractivity contribution in [3.05, 3.63) is 0 Å². The Morgan fingerprint density at radius 3 is 2.57 bits per heavy atom. The van der Waals surface area contributed by atoms with Gasteiger partial charge in [-0.2, -0.15) is 0 Å². The van der Waals surface area contributed by atoms with Gasteiger partial charge in [0.05, 0.1) is 0 Å². The molecule has 1 radical (unpaired) electrons. The average molecular weight is 242 g/mol. The van der Waals surface area contributed by atoms with E-state index in [2.05, 4.69) is 25.5 Å². The third kappa shape index (κ3) is 2.07. The minimum atomic E-state index is 0.231. The molecule has 1 aliphatic heterocycles. The first-order valence-electron chi connectivity index (χ1n) is 2.26. The summed E-state index contributed by atoms with van der Waals surface area (Å²) in [5.74, 6) is 2.88. The van der Waals surface area contributed by atoms with E-state index in [1.165, 1.54) is 11.5 Å². The Bertz CT molecular complexity index is 53.7. The van der Waals surface area contributed by atoms with Crippen LogP contribution in [-0.4, -0.2) is 37.0 Å². The monoisotopic (exact) mass is 241 g/mol. The van der Waals surface area contributed by atoms with Crippen LogP contribution in [0.2, 0.25) is 4.87 Å². The van der Waals surface area contributed by atoms with Gasteiger partial charge in [-0.05, 0) is 0 Å². The number of rotatable bonds is 2. The quantitative estimate of drug-likeness (QED) is 0.673. The van der Waals surface area contributed by atoms with Crippen molar-refractivity contribution in [3.8, 4) is 0 Å². The molecule has 0 bridgehead atoms. The van der Waals surface area contributed by atoms with Crippen molar-refractivity contribution >= 4 is 40.8 Å². The Morgan fingerprint density at radius 1 is 1.71 bits per heavy atom. The van der Waals surface area contributed by atoms with E-state index in [0.717, 1.165) is 5.25 Å². The minimum absolute atomic E-state index is 0.231. The van der Waals surface area contributed by atoms with Crippen LogP contribution in [0.15, 0.2) is 0 Å². The fourth-order valence-corrected chi connectivity index (χ4v) is 7.89. The fraction of sp³-hybridized carbons (Fsp3) is 1.00. The van der Waals surface area contributed by atoms with Gasteiger partial charge in [-0.25, -0.2) is 0 Å². The topological polar surface area (TPSA) is 0 Å². The second-order valence-corrected chi connectivity index (χ2v) is 8.70. The molecule has 1 rings (SSSR count). The van der Waals surface area contributed by atoms with Gasteiger partial charge < -0.3 is 0 Å². The Labute approximate surface area is 62.1 Å².